The summed E-state index contributed by atoms with van der Waals surface area (Å²) in [4.78, 5) is 0.0171. The fraction of sp³-hybridized carbons (Fsp3) is 0.250. The number of hydrogen-bond donors (Lipinski definition) is 2. The first-order chi connectivity index (χ1) is 9.29. The highest BCUT2D eigenvalue weighted by Crippen LogP contribution is 2.22. The molecule has 0 unspecified atom stereocenters. The Bertz CT molecular complexity index is 740. The third kappa shape index (κ3) is 3.12. The second kappa shape index (κ2) is 5.43. The van der Waals surface area contributed by atoms with E-state index in [1.807, 2.05) is 6.92 Å². The van der Waals surface area contributed by atoms with Crippen molar-refractivity contribution < 1.29 is 8.42 Å². The smallest absolute Gasteiger partial charge is 0.242 e. The molecule has 0 aliphatic carbocycles. The number of anilines is 1. The van der Waals surface area contributed by atoms with Gasteiger partial charge in [-0.3, -0.25) is 4.68 Å². The molecule has 0 radical (unpaired) electrons. The number of sulfonamides is 1. The van der Waals surface area contributed by atoms with Crippen LogP contribution in [0.1, 0.15) is 11.3 Å². The van der Waals surface area contributed by atoms with Gasteiger partial charge in [-0.05, 0) is 25.1 Å². The van der Waals surface area contributed by atoms with E-state index in [0.717, 1.165) is 11.3 Å². The number of nitrogens with two attached hydrogens (primary N) is 1. The Morgan fingerprint density at radius 3 is 2.70 bits per heavy atom. The van der Waals surface area contributed by atoms with Crippen LogP contribution < -0.4 is 10.5 Å². The number of benzene rings is 1. The summed E-state index contributed by atoms with van der Waals surface area (Å²) in [6.45, 7) is 1.98. The molecule has 2 aromatic rings. The Morgan fingerprint density at radius 1 is 1.45 bits per heavy atom. The van der Waals surface area contributed by atoms with Crippen molar-refractivity contribution in [3.63, 3.8) is 0 Å². The van der Waals surface area contributed by atoms with Crippen LogP contribution in [0.25, 0.3) is 0 Å². The van der Waals surface area contributed by atoms with Crippen molar-refractivity contribution in [1.82, 2.24) is 14.5 Å². The first kappa shape index (κ1) is 14.8. The molecular weight excluding hydrogens is 300 g/mol. The number of nitrogens with one attached hydrogen (secondary N) is 1. The third-order valence-corrected chi connectivity index (χ3v) is 4.54. The van der Waals surface area contributed by atoms with Crippen LogP contribution in [-0.4, -0.2) is 18.2 Å². The van der Waals surface area contributed by atoms with E-state index < -0.39 is 10.0 Å². The minimum absolute atomic E-state index is 0.0171. The lowest BCUT2D eigenvalue weighted by Gasteiger charge is -2.09. The maximum Gasteiger partial charge on any atom is 0.242 e. The minimum atomic E-state index is -3.68. The van der Waals surface area contributed by atoms with Crippen LogP contribution in [0.4, 0.5) is 5.69 Å². The van der Waals surface area contributed by atoms with Crippen LogP contribution >= 0.6 is 11.6 Å². The predicted molar refractivity (Wildman–Crippen MR) is 77.8 cm³/mol. The van der Waals surface area contributed by atoms with Crippen LogP contribution in [0.2, 0.25) is 5.02 Å². The molecule has 2 rings (SSSR count). The van der Waals surface area contributed by atoms with Gasteiger partial charge in [0.1, 0.15) is 4.90 Å². The van der Waals surface area contributed by atoms with Crippen molar-refractivity contribution in [2.45, 2.75) is 18.4 Å². The molecule has 8 heteroatoms. The Hall–Kier alpha value is -1.57. The van der Waals surface area contributed by atoms with Gasteiger partial charge in [-0.2, -0.15) is 5.10 Å². The molecule has 3 N–H and O–H groups in total. The summed E-state index contributed by atoms with van der Waals surface area (Å²) in [6, 6.07) is 4.28. The SMILES string of the molecule is Cc1nn(C)cc1CNS(=O)(=O)c1ccc(Cl)cc1N. The summed E-state index contributed by atoms with van der Waals surface area (Å²) < 4.78 is 28.5. The standard InChI is InChI=1S/C12H15ClN4O2S/c1-8-9(7-17(2)16-8)6-15-20(18,19)12-4-3-10(13)5-11(12)14/h3-5,7,15H,6,14H2,1-2H3. The molecule has 0 atom stereocenters. The second-order valence-corrected chi connectivity index (χ2v) is 6.59. The van der Waals surface area contributed by atoms with Gasteiger partial charge < -0.3 is 5.73 Å². The number of hydrogen-bond acceptors (Lipinski definition) is 4. The van der Waals surface area contributed by atoms with Crippen molar-refractivity contribution in [3.05, 3.63) is 40.7 Å². The second-order valence-electron chi connectivity index (χ2n) is 4.42. The summed E-state index contributed by atoms with van der Waals surface area (Å²) in [5, 5.41) is 4.55. The van der Waals surface area contributed by atoms with Crippen molar-refractivity contribution in [3.8, 4) is 0 Å². The van der Waals surface area contributed by atoms with E-state index in [1.54, 1.807) is 17.9 Å². The molecule has 6 nitrogen and oxygen atoms in total. The number of nitrogens with zero attached hydrogens (tertiary/aromatic N) is 2. The molecule has 0 saturated carbocycles. The van der Waals surface area contributed by atoms with E-state index in [0.29, 0.717) is 5.02 Å². The molecule has 108 valence electrons. The minimum Gasteiger partial charge on any atom is -0.398 e. The Morgan fingerprint density at radius 2 is 2.15 bits per heavy atom. The van der Waals surface area contributed by atoms with Crippen LogP contribution in [0.3, 0.4) is 0 Å². The summed E-state index contributed by atoms with van der Waals surface area (Å²) in [5.74, 6) is 0. The molecule has 1 heterocycles. The Labute approximate surface area is 122 Å². The highest BCUT2D eigenvalue weighted by atomic mass is 35.5. The maximum absolute atomic E-state index is 12.2. The average Bonchev–Trinajstić information content (AvgIpc) is 2.65. The topological polar surface area (TPSA) is 90.0 Å². The van der Waals surface area contributed by atoms with Crippen LogP contribution in [0, 0.1) is 6.92 Å². The largest absolute Gasteiger partial charge is 0.398 e. The number of aryl methyl sites for hydroxylation is 2. The first-order valence-electron chi connectivity index (χ1n) is 5.83. The monoisotopic (exact) mass is 314 g/mol. The molecule has 0 fully saturated rings. The molecule has 0 spiro atoms. The van der Waals surface area contributed by atoms with E-state index in [9.17, 15) is 8.42 Å². The van der Waals surface area contributed by atoms with Crippen molar-refractivity contribution >= 4 is 27.3 Å². The highest BCUT2D eigenvalue weighted by Gasteiger charge is 2.18. The zero-order valence-corrected chi connectivity index (χ0v) is 12.7. The number of halogens is 1. The molecule has 1 aromatic heterocycles. The molecule has 1 aromatic carbocycles. The lowest BCUT2D eigenvalue weighted by molar-refractivity contribution is 0.581. The van der Waals surface area contributed by atoms with Gasteiger partial charge in [0.25, 0.3) is 0 Å². The van der Waals surface area contributed by atoms with Crippen LogP contribution in [-0.2, 0) is 23.6 Å². The van der Waals surface area contributed by atoms with E-state index in [2.05, 4.69) is 9.82 Å². The van der Waals surface area contributed by atoms with Gasteiger partial charge in [0.2, 0.25) is 10.0 Å². The zero-order chi connectivity index (χ0) is 14.9. The summed E-state index contributed by atoms with van der Waals surface area (Å²) in [5.41, 5.74) is 7.39. The number of aromatic nitrogens is 2. The van der Waals surface area contributed by atoms with Gasteiger partial charge in [-0.1, -0.05) is 11.6 Å². The normalized spacial score (nSPS) is 11.8. The maximum atomic E-state index is 12.2. The van der Waals surface area contributed by atoms with Gasteiger partial charge in [-0.15, -0.1) is 0 Å². The molecule has 0 aliphatic heterocycles. The van der Waals surface area contributed by atoms with Gasteiger partial charge in [0.05, 0.1) is 11.4 Å². The van der Waals surface area contributed by atoms with E-state index >= 15 is 0 Å². The molecule has 0 aliphatic rings. The highest BCUT2D eigenvalue weighted by molar-refractivity contribution is 7.89. The van der Waals surface area contributed by atoms with Crippen molar-refractivity contribution in [1.29, 1.82) is 0 Å². The zero-order valence-electron chi connectivity index (χ0n) is 11.1. The van der Waals surface area contributed by atoms with Crippen LogP contribution in [0.15, 0.2) is 29.3 Å². The predicted octanol–water partition coefficient (Wildman–Crippen LogP) is 1.44. The number of nitrogen functional groups attached to an aromatic ring is 1. The van der Waals surface area contributed by atoms with Gasteiger partial charge in [0, 0.05) is 30.4 Å². The Kier molecular flexibility index (Phi) is 4.03. The Balaban J connectivity index is 2.21. The first-order valence-corrected chi connectivity index (χ1v) is 7.69. The molecular formula is C12H15ClN4O2S. The van der Waals surface area contributed by atoms with Gasteiger partial charge in [0.15, 0.2) is 0 Å². The molecule has 20 heavy (non-hydrogen) atoms. The fourth-order valence-electron chi connectivity index (χ4n) is 1.84. The molecule has 0 bridgehead atoms. The lowest BCUT2D eigenvalue weighted by Crippen LogP contribution is -2.24. The summed E-state index contributed by atoms with van der Waals surface area (Å²) in [6.07, 6.45) is 1.77. The van der Waals surface area contributed by atoms with Crippen molar-refractivity contribution in [2.75, 3.05) is 5.73 Å². The lowest BCUT2D eigenvalue weighted by atomic mass is 10.3. The van der Waals surface area contributed by atoms with Gasteiger partial charge in [-0.25, -0.2) is 13.1 Å². The van der Waals surface area contributed by atoms with E-state index in [1.165, 1.54) is 18.2 Å². The quantitative estimate of drug-likeness (QED) is 0.836. The summed E-state index contributed by atoms with van der Waals surface area (Å²) >= 11 is 5.76. The summed E-state index contributed by atoms with van der Waals surface area (Å²) in [7, 11) is -1.90. The van der Waals surface area contributed by atoms with Crippen molar-refractivity contribution in [2.24, 2.45) is 7.05 Å². The van der Waals surface area contributed by atoms with Crippen LogP contribution in [0.5, 0.6) is 0 Å². The number of rotatable bonds is 4. The average molecular weight is 315 g/mol. The third-order valence-electron chi connectivity index (χ3n) is 2.83. The van der Waals surface area contributed by atoms with Gasteiger partial charge >= 0.3 is 0 Å². The molecule has 0 saturated heterocycles. The van der Waals surface area contributed by atoms with E-state index in [-0.39, 0.29) is 17.1 Å². The molecule has 0 amide bonds. The fourth-order valence-corrected chi connectivity index (χ4v) is 3.13. The van der Waals surface area contributed by atoms with E-state index in [4.69, 9.17) is 17.3 Å².